The van der Waals surface area contributed by atoms with Crippen LogP contribution in [0.25, 0.3) is 0 Å². The largest absolute Gasteiger partial charge is 0.490 e. The van der Waals surface area contributed by atoms with Gasteiger partial charge in [0.25, 0.3) is 5.91 Å². The number of hydrogen-bond donors (Lipinski definition) is 1. The fourth-order valence-electron chi connectivity index (χ4n) is 3.41. The molecule has 1 amide bonds. The Bertz CT molecular complexity index is 600. The summed E-state index contributed by atoms with van der Waals surface area (Å²) in [6.07, 6.45) is 1.97. The minimum atomic E-state index is -0.0787. The van der Waals surface area contributed by atoms with Crippen LogP contribution in [0.1, 0.15) is 50.9 Å². The summed E-state index contributed by atoms with van der Waals surface area (Å²) in [5.41, 5.74) is 0.595. The molecule has 1 heterocycles. The third-order valence-electron chi connectivity index (χ3n) is 4.77. The lowest BCUT2D eigenvalue weighted by molar-refractivity contribution is 0.0124. The van der Waals surface area contributed by atoms with Crippen molar-refractivity contribution in [3.05, 3.63) is 23.8 Å². The fourth-order valence-corrected chi connectivity index (χ4v) is 3.41. The lowest BCUT2D eigenvalue weighted by Crippen LogP contribution is -2.49. The molecule has 1 atom stereocenters. The maximum Gasteiger partial charge on any atom is 0.251 e. The van der Waals surface area contributed by atoms with Crippen molar-refractivity contribution in [3.8, 4) is 11.5 Å². The highest BCUT2D eigenvalue weighted by atomic mass is 16.5. The molecule has 6 nitrogen and oxygen atoms in total. The number of carbonyl (C=O) groups is 1. The molecule has 1 aromatic carbocycles. The molecule has 28 heavy (non-hydrogen) atoms. The predicted molar refractivity (Wildman–Crippen MR) is 111 cm³/mol. The van der Waals surface area contributed by atoms with Gasteiger partial charge in [0.2, 0.25) is 0 Å². The van der Waals surface area contributed by atoms with Gasteiger partial charge in [0.1, 0.15) is 0 Å². The second-order valence-electron chi connectivity index (χ2n) is 7.58. The van der Waals surface area contributed by atoms with E-state index in [9.17, 15) is 4.79 Å². The Morgan fingerprint density at radius 1 is 1.18 bits per heavy atom. The molecule has 1 aromatic rings. The quantitative estimate of drug-likeness (QED) is 0.626. The zero-order valence-corrected chi connectivity index (χ0v) is 17.8. The summed E-state index contributed by atoms with van der Waals surface area (Å²) >= 11 is 0. The zero-order valence-electron chi connectivity index (χ0n) is 17.8. The van der Waals surface area contributed by atoms with Gasteiger partial charge in [0.15, 0.2) is 11.5 Å². The first-order valence-electron chi connectivity index (χ1n) is 10.5. The molecule has 1 aliphatic rings. The molecular weight excluding hydrogens is 356 g/mol. The first-order chi connectivity index (χ1) is 13.5. The molecule has 2 rings (SSSR count). The third-order valence-corrected chi connectivity index (χ3v) is 4.77. The zero-order chi connectivity index (χ0) is 20.4. The maximum atomic E-state index is 12.7. The lowest BCUT2D eigenvalue weighted by Gasteiger charge is -2.35. The van der Waals surface area contributed by atoms with Gasteiger partial charge in [0.05, 0.1) is 26.4 Å². The van der Waals surface area contributed by atoms with Crippen LogP contribution in [-0.4, -0.2) is 62.9 Å². The molecule has 1 aliphatic heterocycles. The van der Waals surface area contributed by atoms with Gasteiger partial charge in [-0.1, -0.05) is 20.8 Å². The van der Waals surface area contributed by atoms with E-state index in [4.69, 9.17) is 14.2 Å². The van der Waals surface area contributed by atoms with Gasteiger partial charge in [-0.15, -0.1) is 0 Å². The highest BCUT2D eigenvalue weighted by molar-refractivity contribution is 5.94. The van der Waals surface area contributed by atoms with E-state index in [1.54, 1.807) is 12.1 Å². The van der Waals surface area contributed by atoms with Gasteiger partial charge in [-0.2, -0.15) is 0 Å². The molecule has 0 radical (unpaired) electrons. The van der Waals surface area contributed by atoms with Crippen molar-refractivity contribution >= 4 is 5.91 Å². The number of benzene rings is 1. The fraction of sp³-hybridized carbons (Fsp3) is 0.682. The van der Waals surface area contributed by atoms with E-state index >= 15 is 0 Å². The van der Waals surface area contributed by atoms with E-state index in [2.05, 4.69) is 31.0 Å². The number of hydrogen-bond acceptors (Lipinski definition) is 5. The van der Waals surface area contributed by atoms with Gasteiger partial charge < -0.3 is 19.5 Å². The smallest absolute Gasteiger partial charge is 0.251 e. The topological polar surface area (TPSA) is 60.0 Å². The number of morpholine rings is 1. The van der Waals surface area contributed by atoms with Gasteiger partial charge in [0, 0.05) is 31.2 Å². The molecule has 0 aromatic heterocycles. The monoisotopic (exact) mass is 392 g/mol. The molecule has 0 spiro atoms. The van der Waals surface area contributed by atoms with Crippen LogP contribution in [0.4, 0.5) is 0 Å². The minimum Gasteiger partial charge on any atom is -0.490 e. The molecule has 158 valence electrons. The van der Waals surface area contributed by atoms with Crippen LogP contribution in [0.2, 0.25) is 0 Å². The summed E-state index contributed by atoms with van der Waals surface area (Å²) < 4.78 is 16.9. The first-order valence-corrected chi connectivity index (χ1v) is 10.5. The molecule has 0 bridgehead atoms. The first kappa shape index (κ1) is 22.5. The Labute approximate surface area is 169 Å². The molecular formula is C22H36N2O4. The minimum absolute atomic E-state index is 0.0787. The predicted octanol–water partition coefficient (Wildman–Crippen LogP) is 3.35. The van der Waals surface area contributed by atoms with Crippen LogP contribution in [0.3, 0.4) is 0 Å². The molecule has 1 unspecified atom stereocenters. The number of rotatable bonds is 11. The summed E-state index contributed by atoms with van der Waals surface area (Å²) in [6.45, 7) is 13.6. The van der Waals surface area contributed by atoms with Crippen molar-refractivity contribution < 1.29 is 19.0 Å². The Morgan fingerprint density at radius 3 is 2.57 bits per heavy atom. The summed E-state index contributed by atoms with van der Waals surface area (Å²) in [7, 11) is 0. The Hall–Kier alpha value is -1.79. The highest BCUT2D eigenvalue weighted by Crippen LogP contribution is 2.28. The normalized spacial score (nSPS) is 16.0. The summed E-state index contributed by atoms with van der Waals surface area (Å²) in [4.78, 5) is 15.2. The average Bonchev–Trinajstić information content (AvgIpc) is 2.70. The number of carbonyl (C=O) groups excluding carboxylic acids is 1. The van der Waals surface area contributed by atoms with Gasteiger partial charge in [-0.3, -0.25) is 9.69 Å². The SMILES string of the molecule is CCCOc1ccc(C(=O)NCC(CC(C)C)N2CCOCC2)cc1OCC. The maximum absolute atomic E-state index is 12.7. The van der Waals surface area contributed by atoms with Gasteiger partial charge >= 0.3 is 0 Å². The highest BCUT2D eigenvalue weighted by Gasteiger charge is 2.23. The number of nitrogens with zero attached hydrogens (tertiary/aromatic N) is 1. The summed E-state index contributed by atoms with van der Waals surface area (Å²) in [5.74, 6) is 1.80. The summed E-state index contributed by atoms with van der Waals surface area (Å²) in [6, 6.07) is 5.72. The Balaban J connectivity index is 2.01. The van der Waals surface area contributed by atoms with Crippen LogP contribution in [0.5, 0.6) is 11.5 Å². The van der Waals surface area contributed by atoms with E-state index in [1.807, 2.05) is 13.0 Å². The molecule has 1 N–H and O–H groups in total. The van der Waals surface area contributed by atoms with Crippen molar-refractivity contribution in [2.45, 2.75) is 46.6 Å². The van der Waals surface area contributed by atoms with Crippen LogP contribution < -0.4 is 14.8 Å². The number of ether oxygens (including phenoxy) is 3. The number of nitrogens with one attached hydrogen (secondary N) is 1. The second-order valence-corrected chi connectivity index (χ2v) is 7.58. The van der Waals surface area contributed by atoms with E-state index in [-0.39, 0.29) is 5.91 Å². The van der Waals surface area contributed by atoms with Crippen LogP contribution in [0.15, 0.2) is 18.2 Å². The molecule has 6 heteroatoms. The van der Waals surface area contributed by atoms with Gasteiger partial charge in [-0.25, -0.2) is 0 Å². The van der Waals surface area contributed by atoms with Crippen LogP contribution in [-0.2, 0) is 4.74 Å². The molecule has 1 fully saturated rings. The van der Waals surface area contributed by atoms with Gasteiger partial charge in [-0.05, 0) is 43.9 Å². The van der Waals surface area contributed by atoms with Crippen molar-refractivity contribution in [1.29, 1.82) is 0 Å². The van der Waals surface area contributed by atoms with Crippen molar-refractivity contribution in [1.82, 2.24) is 10.2 Å². The summed E-state index contributed by atoms with van der Waals surface area (Å²) in [5, 5.41) is 3.12. The standard InChI is InChI=1S/C22H36N2O4/c1-5-11-28-20-8-7-18(15-21(20)27-6-2)22(25)23-16-19(14-17(3)4)24-9-12-26-13-10-24/h7-8,15,17,19H,5-6,9-14,16H2,1-4H3,(H,23,25). The molecule has 0 aliphatic carbocycles. The van der Waals surface area contributed by atoms with Crippen LogP contribution in [0, 0.1) is 5.92 Å². The van der Waals surface area contributed by atoms with E-state index < -0.39 is 0 Å². The third kappa shape index (κ3) is 6.99. The Morgan fingerprint density at radius 2 is 1.93 bits per heavy atom. The van der Waals surface area contributed by atoms with Crippen molar-refractivity contribution in [2.24, 2.45) is 5.92 Å². The number of amides is 1. The van der Waals surface area contributed by atoms with Crippen molar-refractivity contribution in [2.75, 3.05) is 46.1 Å². The van der Waals surface area contributed by atoms with E-state index in [0.29, 0.717) is 48.8 Å². The van der Waals surface area contributed by atoms with Crippen LogP contribution >= 0.6 is 0 Å². The van der Waals surface area contributed by atoms with E-state index in [0.717, 1.165) is 39.1 Å². The molecule has 1 saturated heterocycles. The van der Waals surface area contributed by atoms with E-state index in [1.165, 1.54) is 0 Å². The second kappa shape index (κ2) is 11.9. The average molecular weight is 393 g/mol. The lowest BCUT2D eigenvalue weighted by atomic mass is 10.0. The Kier molecular flexibility index (Phi) is 9.58. The molecule has 0 saturated carbocycles. The van der Waals surface area contributed by atoms with Crippen molar-refractivity contribution in [3.63, 3.8) is 0 Å².